The number of aryl methyl sites for hydroxylation is 4. The van der Waals surface area contributed by atoms with Crippen LogP contribution in [0, 0.1) is 20.8 Å². The van der Waals surface area contributed by atoms with Gasteiger partial charge in [0.25, 0.3) is 0 Å². The molecule has 2 fully saturated rings. The first-order valence-corrected chi connectivity index (χ1v) is 16.9. The molecule has 4 aromatic rings. The maximum absolute atomic E-state index is 12.7. The van der Waals surface area contributed by atoms with Crippen molar-refractivity contribution in [2.75, 3.05) is 20.8 Å². The van der Waals surface area contributed by atoms with Gasteiger partial charge in [-0.1, -0.05) is 89.8 Å². The molecule has 6 nitrogen and oxygen atoms in total. The van der Waals surface area contributed by atoms with E-state index in [2.05, 4.69) is 43.9 Å². The Kier molecular flexibility index (Phi) is 12.0. The van der Waals surface area contributed by atoms with Crippen molar-refractivity contribution in [3.05, 3.63) is 119 Å². The number of carbonyl (C=O) groups is 1. The highest BCUT2D eigenvalue weighted by Crippen LogP contribution is 2.47. The highest BCUT2D eigenvalue weighted by atomic mass is 16.5. The molecule has 0 N–H and O–H groups in total. The molecule has 6 heteroatoms. The molecule has 0 amide bonds. The van der Waals surface area contributed by atoms with Gasteiger partial charge in [-0.2, -0.15) is 0 Å². The van der Waals surface area contributed by atoms with Crippen LogP contribution in [0.3, 0.4) is 0 Å². The SMILES string of the molecule is COc1cc2c(cc1OC)[C@@H]1C[C@H](C[C@@H]3CCCCN31)OC(=O)CCc1ccc(cc1)O2.Cc1cc(C)cc(C)c1.c1ccccc1. The largest absolute Gasteiger partial charge is 0.493 e. The lowest BCUT2D eigenvalue weighted by Crippen LogP contribution is -2.49. The molecule has 4 bridgehead atoms. The van der Waals surface area contributed by atoms with Crippen LogP contribution in [0.5, 0.6) is 23.0 Å². The molecule has 4 aliphatic heterocycles. The van der Waals surface area contributed by atoms with Crippen molar-refractivity contribution in [2.45, 2.75) is 83.9 Å². The first-order valence-electron chi connectivity index (χ1n) is 16.9. The second kappa shape index (κ2) is 16.5. The second-order valence-electron chi connectivity index (χ2n) is 12.8. The lowest BCUT2D eigenvalue weighted by molar-refractivity contribution is -0.154. The standard InChI is InChI=1S/C26H31NO5.C9H12.C6H6/c1-29-24-15-21-22-14-20(13-18-5-3-4-12-27(18)22)32-26(28)11-8-17-6-9-19(10-7-17)31-23(21)16-25(24)30-2;1-7-4-8(2)6-9(3)5-7;1-2-4-6-5-3-1/h6-7,9-10,15-16,18,20,22H,3-5,8,11-14H2,1-2H3;4-6H,1-3H3;1-6H/t18-,20-,22-;;/m0../s1. The van der Waals surface area contributed by atoms with E-state index in [1.54, 1.807) is 14.2 Å². The zero-order chi connectivity index (χ0) is 33.2. The fourth-order valence-electron chi connectivity index (χ4n) is 7.03. The van der Waals surface area contributed by atoms with Gasteiger partial charge in [0.2, 0.25) is 0 Å². The molecule has 0 radical (unpaired) electrons. The Morgan fingerprint density at radius 3 is 1.91 bits per heavy atom. The van der Waals surface area contributed by atoms with E-state index in [1.165, 1.54) is 29.5 Å². The van der Waals surface area contributed by atoms with E-state index < -0.39 is 0 Å². The summed E-state index contributed by atoms with van der Waals surface area (Å²) in [4.78, 5) is 15.2. The molecule has 0 aliphatic carbocycles. The average molecular weight is 636 g/mol. The van der Waals surface area contributed by atoms with Crippen LogP contribution in [0.4, 0.5) is 0 Å². The molecule has 8 rings (SSSR count). The van der Waals surface area contributed by atoms with Gasteiger partial charge in [-0.25, -0.2) is 0 Å². The number of carbonyl (C=O) groups excluding carboxylic acids is 1. The average Bonchev–Trinajstić information content (AvgIpc) is 3.08. The third-order valence-electron chi connectivity index (χ3n) is 9.07. The number of piperidine rings is 2. The smallest absolute Gasteiger partial charge is 0.306 e. The number of ether oxygens (including phenoxy) is 4. The molecule has 4 heterocycles. The van der Waals surface area contributed by atoms with E-state index in [9.17, 15) is 4.79 Å². The fourth-order valence-corrected chi connectivity index (χ4v) is 7.03. The topological polar surface area (TPSA) is 57.2 Å². The van der Waals surface area contributed by atoms with Crippen LogP contribution in [-0.2, 0) is 16.0 Å². The van der Waals surface area contributed by atoms with Gasteiger partial charge < -0.3 is 18.9 Å². The maximum atomic E-state index is 12.7. The van der Waals surface area contributed by atoms with Crippen LogP contribution in [0.25, 0.3) is 0 Å². The fraction of sp³-hybridized carbons (Fsp3) is 0.390. The molecular weight excluding hydrogens is 586 g/mol. The molecule has 0 saturated carbocycles. The minimum atomic E-state index is -0.108. The third kappa shape index (κ3) is 9.39. The predicted octanol–water partition coefficient (Wildman–Crippen LogP) is 9.34. The Hall–Kier alpha value is -4.29. The first kappa shape index (κ1) is 34.1. The summed E-state index contributed by atoms with van der Waals surface area (Å²) >= 11 is 0. The van der Waals surface area contributed by atoms with Crippen molar-refractivity contribution in [1.29, 1.82) is 0 Å². The van der Waals surface area contributed by atoms with Gasteiger partial charge in [-0.15, -0.1) is 0 Å². The van der Waals surface area contributed by atoms with E-state index in [4.69, 9.17) is 18.9 Å². The summed E-state index contributed by atoms with van der Waals surface area (Å²) in [6.45, 7) is 7.42. The van der Waals surface area contributed by atoms with Crippen LogP contribution in [0.15, 0.2) is 91.0 Å². The monoisotopic (exact) mass is 635 g/mol. The number of esters is 1. The third-order valence-corrected chi connectivity index (χ3v) is 9.07. The van der Waals surface area contributed by atoms with Gasteiger partial charge in [-0.05, 0) is 70.3 Å². The first-order chi connectivity index (χ1) is 22.8. The minimum absolute atomic E-state index is 0.0864. The zero-order valence-corrected chi connectivity index (χ0v) is 28.5. The van der Waals surface area contributed by atoms with E-state index >= 15 is 0 Å². The summed E-state index contributed by atoms with van der Waals surface area (Å²) in [6.07, 6.45) is 6.18. The molecule has 47 heavy (non-hydrogen) atoms. The molecule has 248 valence electrons. The van der Waals surface area contributed by atoms with Crippen molar-refractivity contribution in [2.24, 2.45) is 0 Å². The highest BCUT2D eigenvalue weighted by Gasteiger charge is 2.40. The van der Waals surface area contributed by atoms with Crippen LogP contribution < -0.4 is 14.2 Å². The van der Waals surface area contributed by atoms with Gasteiger partial charge in [0.05, 0.1) is 14.2 Å². The van der Waals surface area contributed by atoms with Crippen molar-refractivity contribution < 1.29 is 23.7 Å². The van der Waals surface area contributed by atoms with Gasteiger partial charge in [0, 0.05) is 43.0 Å². The molecule has 0 spiro atoms. The lowest BCUT2D eigenvalue weighted by atomic mass is 9.84. The van der Waals surface area contributed by atoms with Gasteiger partial charge in [0.15, 0.2) is 11.5 Å². The number of methoxy groups -OCH3 is 2. The number of benzene rings is 4. The molecule has 2 saturated heterocycles. The van der Waals surface area contributed by atoms with Crippen LogP contribution in [-0.4, -0.2) is 43.8 Å². The molecular formula is C41H49NO5. The van der Waals surface area contributed by atoms with E-state index in [0.29, 0.717) is 30.4 Å². The molecule has 4 aliphatic rings. The minimum Gasteiger partial charge on any atom is -0.493 e. The Bertz CT molecular complexity index is 1510. The van der Waals surface area contributed by atoms with Crippen molar-refractivity contribution >= 4 is 5.97 Å². The van der Waals surface area contributed by atoms with Gasteiger partial charge in [-0.3, -0.25) is 9.69 Å². The Morgan fingerprint density at radius 2 is 1.32 bits per heavy atom. The van der Waals surface area contributed by atoms with Crippen LogP contribution in [0.2, 0.25) is 0 Å². The molecule has 4 aromatic carbocycles. The molecule has 3 atom stereocenters. The maximum Gasteiger partial charge on any atom is 0.306 e. The zero-order valence-electron chi connectivity index (χ0n) is 28.5. The number of fused-ring (bicyclic) bond motifs is 6. The summed E-state index contributed by atoms with van der Waals surface area (Å²) in [6, 6.07) is 31.0. The lowest BCUT2D eigenvalue weighted by Gasteiger charge is -2.47. The van der Waals surface area contributed by atoms with Crippen LogP contribution >= 0.6 is 0 Å². The van der Waals surface area contributed by atoms with E-state index in [1.807, 2.05) is 72.8 Å². The normalized spacial score (nSPS) is 20.3. The Labute approximate surface area is 280 Å². The quantitative estimate of drug-likeness (QED) is 0.205. The Balaban J connectivity index is 0.000000237. The van der Waals surface area contributed by atoms with Crippen molar-refractivity contribution in [1.82, 2.24) is 4.90 Å². The van der Waals surface area contributed by atoms with E-state index in [0.717, 1.165) is 48.4 Å². The number of nitrogens with zero attached hydrogens (tertiary/aromatic N) is 1. The summed E-state index contributed by atoms with van der Waals surface area (Å²) in [5.41, 5.74) is 6.21. The summed E-state index contributed by atoms with van der Waals surface area (Å²) in [5, 5.41) is 0. The van der Waals surface area contributed by atoms with Crippen molar-refractivity contribution in [3.63, 3.8) is 0 Å². The van der Waals surface area contributed by atoms with Crippen molar-refractivity contribution in [3.8, 4) is 23.0 Å². The van der Waals surface area contributed by atoms with Gasteiger partial charge >= 0.3 is 5.97 Å². The summed E-state index contributed by atoms with van der Waals surface area (Å²) < 4.78 is 23.6. The molecule has 0 unspecified atom stereocenters. The Morgan fingerprint density at radius 1 is 0.723 bits per heavy atom. The second-order valence-corrected chi connectivity index (χ2v) is 12.8. The predicted molar refractivity (Wildman–Crippen MR) is 188 cm³/mol. The highest BCUT2D eigenvalue weighted by molar-refractivity contribution is 5.70. The molecule has 0 aromatic heterocycles. The van der Waals surface area contributed by atoms with Crippen LogP contribution in [0.1, 0.15) is 72.4 Å². The van der Waals surface area contributed by atoms with E-state index in [-0.39, 0.29) is 18.1 Å². The summed E-state index contributed by atoms with van der Waals surface area (Å²) in [7, 11) is 3.29. The number of rotatable bonds is 2. The summed E-state index contributed by atoms with van der Waals surface area (Å²) in [5.74, 6) is 2.73. The number of hydrogen-bond acceptors (Lipinski definition) is 6. The number of hydrogen-bond donors (Lipinski definition) is 0. The van der Waals surface area contributed by atoms with Gasteiger partial charge in [0.1, 0.15) is 17.6 Å².